The fourth-order valence-corrected chi connectivity index (χ4v) is 3.26. The predicted molar refractivity (Wildman–Crippen MR) is 67.7 cm³/mol. The number of fused-ring (bicyclic) bond motifs is 1. The molecule has 0 spiro atoms. The maximum atomic E-state index is 12.1. The number of sulfonamides is 1. The third-order valence-electron chi connectivity index (χ3n) is 2.67. The van der Waals surface area contributed by atoms with Crippen molar-refractivity contribution in [2.45, 2.75) is 25.9 Å². The monoisotopic (exact) mass is 269 g/mol. The van der Waals surface area contributed by atoms with Gasteiger partial charge in [0.15, 0.2) is 5.04 Å². The molecule has 0 aromatic carbocycles. The van der Waals surface area contributed by atoms with Gasteiger partial charge in [-0.2, -0.15) is 0 Å². The van der Waals surface area contributed by atoms with Crippen LogP contribution in [0, 0.1) is 0 Å². The average molecular weight is 269 g/mol. The topological polar surface area (TPSA) is 91.7 Å². The second kappa shape index (κ2) is 5.13. The van der Waals surface area contributed by atoms with Crippen LogP contribution in [0.1, 0.15) is 24.6 Å². The van der Waals surface area contributed by atoms with Crippen LogP contribution in [-0.4, -0.2) is 36.2 Å². The maximum Gasteiger partial charge on any atom is 0.258 e. The lowest BCUT2D eigenvalue weighted by Gasteiger charge is -2.13. The molecule has 1 aliphatic rings. The number of aliphatic hydroxyl groups is 1. The number of rotatable bonds is 4. The first kappa shape index (κ1) is 13.1. The van der Waals surface area contributed by atoms with Gasteiger partial charge in [-0.15, -0.1) is 0 Å². The summed E-state index contributed by atoms with van der Waals surface area (Å²) in [6, 6.07) is 3.06. The molecule has 7 heteroatoms. The molecule has 18 heavy (non-hydrogen) atoms. The second-order valence-electron chi connectivity index (χ2n) is 4.15. The van der Waals surface area contributed by atoms with Gasteiger partial charge in [0.25, 0.3) is 10.0 Å². The molecule has 98 valence electrons. The van der Waals surface area contributed by atoms with E-state index in [-0.39, 0.29) is 17.7 Å². The van der Waals surface area contributed by atoms with Crippen LogP contribution in [0.3, 0.4) is 0 Å². The number of aromatic nitrogens is 1. The smallest absolute Gasteiger partial charge is 0.258 e. The van der Waals surface area contributed by atoms with E-state index in [1.165, 1.54) is 0 Å². The zero-order chi connectivity index (χ0) is 13.2. The zero-order valence-electron chi connectivity index (χ0n) is 10.00. The van der Waals surface area contributed by atoms with Crippen LogP contribution in [0.2, 0.25) is 0 Å². The molecule has 2 heterocycles. The van der Waals surface area contributed by atoms with Gasteiger partial charge in [-0.25, -0.2) is 13.1 Å². The normalized spacial score (nSPS) is 16.2. The first-order chi connectivity index (χ1) is 8.54. The SMILES string of the molecule is CC(CCO)NS(=O)(=O)C1=NCc2ncccc21. The van der Waals surface area contributed by atoms with Crippen LogP contribution < -0.4 is 4.72 Å². The van der Waals surface area contributed by atoms with Crippen LogP contribution >= 0.6 is 0 Å². The van der Waals surface area contributed by atoms with Gasteiger partial charge in [0.2, 0.25) is 0 Å². The molecule has 0 saturated heterocycles. The third kappa shape index (κ3) is 2.58. The minimum atomic E-state index is -3.65. The van der Waals surface area contributed by atoms with E-state index in [9.17, 15) is 8.42 Å². The van der Waals surface area contributed by atoms with Gasteiger partial charge in [-0.05, 0) is 25.5 Å². The average Bonchev–Trinajstić information content (AvgIpc) is 2.72. The molecule has 1 unspecified atom stereocenters. The van der Waals surface area contributed by atoms with Gasteiger partial charge in [0, 0.05) is 24.4 Å². The molecule has 0 radical (unpaired) electrons. The lowest BCUT2D eigenvalue weighted by atomic mass is 10.2. The minimum absolute atomic E-state index is 0.0374. The van der Waals surface area contributed by atoms with E-state index in [4.69, 9.17) is 5.11 Å². The van der Waals surface area contributed by atoms with Crippen LogP contribution in [0.15, 0.2) is 23.3 Å². The van der Waals surface area contributed by atoms with Crippen molar-refractivity contribution in [2.24, 2.45) is 4.99 Å². The highest BCUT2D eigenvalue weighted by atomic mass is 32.2. The van der Waals surface area contributed by atoms with Crippen molar-refractivity contribution in [3.05, 3.63) is 29.6 Å². The molecule has 2 N–H and O–H groups in total. The highest BCUT2D eigenvalue weighted by Gasteiger charge is 2.29. The van der Waals surface area contributed by atoms with Crippen molar-refractivity contribution in [2.75, 3.05) is 6.61 Å². The quantitative estimate of drug-likeness (QED) is 0.807. The number of aliphatic imine (C=N–C) groups is 1. The van der Waals surface area contributed by atoms with E-state index in [1.54, 1.807) is 25.3 Å². The van der Waals surface area contributed by atoms with Crippen LogP contribution in [0.4, 0.5) is 0 Å². The number of nitrogens with one attached hydrogen (secondary N) is 1. The number of pyridine rings is 1. The summed E-state index contributed by atoms with van der Waals surface area (Å²) in [5, 5.41) is 8.82. The first-order valence-corrected chi connectivity index (χ1v) is 7.15. The predicted octanol–water partition coefficient (Wildman–Crippen LogP) is 0.0321. The van der Waals surface area contributed by atoms with Crippen molar-refractivity contribution in [1.29, 1.82) is 0 Å². The summed E-state index contributed by atoms with van der Waals surface area (Å²) >= 11 is 0. The minimum Gasteiger partial charge on any atom is -0.396 e. The van der Waals surface area contributed by atoms with E-state index in [0.717, 1.165) is 0 Å². The largest absolute Gasteiger partial charge is 0.396 e. The zero-order valence-corrected chi connectivity index (χ0v) is 10.8. The summed E-state index contributed by atoms with van der Waals surface area (Å²) < 4.78 is 26.8. The van der Waals surface area contributed by atoms with Crippen LogP contribution in [0.25, 0.3) is 0 Å². The Morgan fingerprint density at radius 3 is 3.06 bits per heavy atom. The second-order valence-corrected chi connectivity index (χ2v) is 5.78. The van der Waals surface area contributed by atoms with Crippen LogP contribution in [0.5, 0.6) is 0 Å². The van der Waals surface area contributed by atoms with Gasteiger partial charge in [0.1, 0.15) is 0 Å². The number of nitrogens with zero attached hydrogens (tertiary/aromatic N) is 2. The summed E-state index contributed by atoms with van der Waals surface area (Å²) in [5.74, 6) is 0. The lowest BCUT2D eigenvalue weighted by molar-refractivity contribution is 0.275. The fourth-order valence-electron chi connectivity index (χ4n) is 1.79. The summed E-state index contributed by atoms with van der Waals surface area (Å²) in [6.07, 6.45) is 1.98. The summed E-state index contributed by atoms with van der Waals surface area (Å²) in [5.41, 5.74) is 1.23. The Balaban J connectivity index is 2.23. The molecular weight excluding hydrogens is 254 g/mol. The van der Waals surface area contributed by atoms with Gasteiger partial charge in [-0.1, -0.05) is 0 Å². The highest BCUT2D eigenvalue weighted by molar-refractivity contribution is 8.05. The number of aliphatic hydroxyl groups excluding tert-OH is 1. The molecule has 6 nitrogen and oxygen atoms in total. The molecule has 2 rings (SSSR count). The molecule has 0 saturated carbocycles. The third-order valence-corrected chi connectivity index (χ3v) is 4.24. The van der Waals surface area contributed by atoms with E-state index >= 15 is 0 Å². The van der Waals surface area contributed by atoms with E-state index < -0.39 is 10.0 Å². The molecule has 0 aliphatic carbocycles. The molecule has 1 aromatic heterocycles. The summed E-state index contributed by atoms with van der Waals surface area (Å²) in [7, 11) is -3.65. The highest BCUT2D eigenvalue weighted by Crippen LogP contribution is 2.19. The van der Waals surface area contributed by atoms with Gasteiger partial charge in [0.05, 0.1) is 12.2 Å². The molecule has 1 atom stereocenters. The Bertz CT molecular complexity index is 569. The van der Waals surface area contributed by atoms with Crippen molar-refractivity contribution < 1.29 is 13.5 Å². The fraction of sp³-hybridized carbons (Fsp3) is 0.455. The van der Waals surface area contributed by atoms with Gasteiger partial charge >= 0.3 is 0 Å². The first-order valence-electron chi connectivity index (χ1n) is 5.66. The van der Waals surface area contributed by atoms with E-state index in [0.29, 0.717) is 24.2 Å². The molecule has 1 aromatic rings. The summed E-state index contributed by atoms with van der Waals surface area (Å²) in [6.45, 7) is 1.93. The molecular formula is C11H15N3O3S. The Morgan fingerprint density at radius 1 is 1.56 bits per heavy atom. The Morgan fingerprint density at radius 2 is 2.33 bits per heavy atom. The Hall–Kier alpha value is -1.31. The van der Waals surface area contributed by atoms with E-state index in [2.05, 4.69) is 14.7 Å². The Labute approximate surface area is 106 Å². The van der Waals surface area contributed by atoms with Crippen LogP contribution in [-0.2, 0) is 16.6 Å². The van der Waals surface area contributed by atoms with Crippen molar-refractivity contribution >= 4 is 15.1 Å². The van der Waals surface area contributed by atoms with Crippen molar-refractivity contribution in [1.82, 2.24) is 9.71 Å². The molecule has 0 fully saturated rings. The van der Waals surface area contributed by atoms with Crippen molar-refractivity contribution in [3.8, 4) is 0 Å². The maximum absolute atomic E-state index is 12.1. The molecule has 0 bridgehead atoms. The summed E-state index contributed by atoms with van der Waals surface area (Å²) in [4.78, 5) is 8.12. The van der Waals surface area contributed by atoms with E-state index in [1.807, 2.05) is 0 Å². The standard InChI is InChI=1S/C11H15N3O3S/c1-8(4-6-15)14-18(16,17)11-9-3-2-5-12-10(9)7-13-11/h2-3,5,8,14-15H,4,6-7H2,1H3. The number of hydrogen-bond acceptors (Lipinski definition) is 5. The van der Waals surface area contributed by atoms with Crippen molar-refractivity contribution in [3.63, 3.8) is 0 Å². The lowest BCUT2D eigenvalue weighted by Crippen LogP contribution is -2.37. The molecule has 0 amide bonds. The Kier molecular flexibility index (Phi) is 3.74. The number of hydrogen-bond donors (Lipinski definition) is 2. The van der Waals surface area contributed by atoms with Gasteiger partial charge < -0.3 is 5.11 Å². The van der Waals surface area contributed by atoms with Gasteiger partial charge in [-0.3, -0.25) is 9.98 Å². The molecule has 1 aliphatic heterocycles.